The van der Waals surface area contributed by atoms with Gasteiger partial charge < -0.3 is 10.9 Å². The van der Waals surface area contributed by atoms with E-state index in [4.69, 9.17) is 10.9 Å². The summed E-state index contributed by atoms with van der Waals surface area (Å²) in [7, 11) is 0. The Balaban J connectivity index is 2.41. The molecule has 1 saturated heterocycles. The second-order valence-corrected chi connectivity index (χ2v) is 5.84. The quantitative estimate of drug-likeness (QED) is 0.334. The van der Waals surface area contributed by atoms with Crippen LogP contribution in [0.5, 0.6) is 0 Å². The van der Waals surface area contributed by atoms with Crippen LogP contribution in [0.25, 0.3) is 0 Å². The van der Waals surface area contributed by atoms with Gasteiger partial charge in [0.2, 0.25) is 0 Å². The van der Waals surface area contributed by atoms with Gasteiger partial charge in [0.1, 0.15) is 5.84 Å². The van der Waals surface area contributed by atoms with Gasteiger partial charge in [-0.05, 0) is 27.7 Å². The van der Waals surface area contributed by atoms with Crippen molar-refractivity contribution in [3.05, 3.63) is 0 Å². The van der Waals surface area contributed by atoms with Gasteiger partial charge in [-0.1, -0.05) is 5.16 Å². The summed E-state index contributed by atoms with van der Waals surface area (Å²) in [6, 6.07) is 0.341. The molecule has 1 aliphatic rings. The van der Waals surface area contributed by atoms with Crippen molar-refractivity contribution in [1.82, 2.24) is 9.80 Å². The molecule has 0 spiro atoms. The molecule has 1 heterocycles. The minimum atomic E-state index is 0.251. The maximum absolute atomic E-state index is 8.57. The predicted molar refractivity (Wildman–Crippen MR) is 70.4 cm³/mol. The van der Waals surface area contributed by atoms with Crippen LogP contribution in [-0.2, 0) is 0 Å². The molecule has 1 fully saturated rings. The van der Waals surface area contributed by atoms with Crippen LogP contribution in [-0.4, -0.2) is 58.6 Å². The maximum Gasteiger partial charge on any atom is 0.140 e. The van der Waals surface area contributed by atoms with E-state index < -0.39 is 0 Å². The zero-order valence-corrected chi connectivity index (χ0v) is 11.5. The van der Waals surface area contributed by atoms with Crippen LogP contribution < -0.4 is 5.73 Å². The third-order valence-electron chi connectivity index (χ3n) is 3.52. The summed E-state index contributed by atoms with van der Waals surface area (Å²) in [4.78, 5) is 4.90. The van der Waals surface area contributed by atoms with E-state index in [2.05, 4.69) is 42.7 Å². The largest absolute Gasteiger partial charge is 0.409 e. The molecule has 1 atom stereocenters. The Hall–Kier alpha value is -0.810. The third-order valence-corrected chi connectivity index (χ3v) is 3.52. The molecule has 0 aliphatic carbocycles. The van der Waals surface area contributed by atoms with Gasteiger partial charge in [-0.15, -0.1) is 0 Å². The summed E-state index contributed by atoms with van der Waals surface area (Å²) in [5.74, 6) is 0.316. The summed E-state index contributed by atoms with van der Waals surface area (Å²) in [5, 5.41) is 11.6. The van der Waals surface area contributed by atoms with Gasteiger partial charge in [0.15, 0.2) is 0 Å². The first-order valence-corrected chi connectivity index (χ1v) is 6.30. The van der Waals surface area contributed by atoms with Crippen molar-refractivity contribution in [2.75, 3.05) is 26.2 Å². The average Bonchev–Trinajstić information content (AvgIpc) is 2.27. The molecule has 0 aromatic heterocycles. The summed E-state index contributed by atoms with van der Waals surface area (Å²) >= 11 is 0. The highest BCUT2D eigenvalue weighted by atomic mass is 16.4. The predicted octanol–water partition coefficient (Wildman–Crippen LogP) is 0.928. The lowest BCUT2D eigenvalue weighted by Gasteiger charge is -2.44. The normalized spacial score (nSPS) is 22.7. The van der Waals surface area contributed by atoms with E-state index in [1.165, 1.54) is 0 Å². The van der Waals surface area contributed by atoms with Gasteiger partial charge in [0.25, 0.3) is 0 Å². The minimum absolute atomic E-state index is 0.251. The second-order valence-electron chi connectivity index (χ2n) is 5.84. The van der Waals surface area contributed by atoms with E-state index in [1.54, 1.807) is 0 Å². The lowest BCUT2D eigenvalue weighted by Crippen LogP contribution is -2.55. The first-order chi connectivity index (χ1) is 7.84. The van der Waals surface area contributed by atoms with Crippen LogP contribution in [0.15, 0.2) is 5.16 Å². The Morgan fingerprint density at radius 1 is 1.29 bits per heavy atom. The van der Waals surface area contributed by atoms with Crippen molar-refractivity contribution in [1.29, 1.82) is 0 Å². The van der Waals surface area contributed by atoms with E-state index in [0.717, 1.165) is 26.2 Å². The molecule has 0 amide bonds. The van der Waals surface area contributed by atoms with Crippen molar-refractivity contribution >= 4 is 5.84 Å². The summed E-state index contributed by atoms with van der Waals surface area (Å²) in [6.45, 7) is 13.2. The fourth-order valence-corrected chi connectivity index (χ4v) is 2.31. The zero-order valence-electron chi connectivity index (χ0n) is 11.5. The standard InChI is InChI=1S/C12H26N4O/c1-10(9-11(13)14-17)15-5-7-16(8-6-15)12(2,3)4/h10,17H,5-9H2,1-4H3,(H2,13,14). The molecule has 17 heavy (non-hydrogen) atoms. The number of nitrogens with two attached hydrogens (primary N) is 1. The van der Waals surface area contributed by atoms with Crippen LogP contribution in [0.1, 0.15) is 34.1 Å². The Bertz CT molecular complexity index is 264. The molecule has 5 heteroatoms. The van der Waals surface area contributed by atoms with Crippen LogP contribution in [0.3, 0.4) is 0 Å². The minimum Gasteiger partial charge on any atom is -0.409 e. The van der Waals surface area contributed by atoms with Crippen LogP contribution >= 0.6 is 0 Å². The lowest BCUT2D eigenvalue weighted by atomic mass is 10.0. The summed E-state index contributed by atoms with van der Waals surface area (Å²) in [5.41, 5.74) is 5.79. The average molecular weight is 242 g/mol. The van der Waals surface area contributed by atoms with Crippen molar-refractivity contribution in [2.45, 2.75) is 45.7 Å². The van der Waals surface area contributed by atoms with Gasteiger partial charge in [-0.25, -0.2) is 0 Å². The molecule has 1 unspecified atom stereocenters. The van der Waals surface area contributed by atoms with Gasteiger partial charge in [0.05, 0.1) is 0 Å². The molecule has 1 rings (SSSR count). The maximum atomic E-state index is 8.57. The molecular weight excluding hydrogens is 216 g/mol. The molecule has 0 aromatic rings. The van der Waals surface area contributed by atoms with E-state index in [-0.39, 0.29) is 5.54 Å². The zero-order chi connectivity index (χ0) is 13.1. The molecule has 0 aromatic carbocycles. The second kappa shape index (κ2) is 5.69. The molecule has 100 valence electrons. The highest BCUT2D eigenvalue weighted by Gasteiger charge is 2.27. The van der Waals surface area contributed by atoms with Crippen molar-refractivity contribution in [2.24, 2.45) is 10.9 Å². The Morgan fingerprint density at radius 2 is 1.82 bits per heavy atom. The number of nitrogens with zero attached hydrogens (tertiary/aromatic N) is 3. The monoisotopic (exact) mass is 242 g/mol. The summed E-state index contributed by atoms with van der Waals surface area (Å²) < 4.78 is 0. The highest BCUT2D eigenvalue weighted by Crippen LogP contribution is 2.17. The summed E-state index contributed by atoms with van der Waals surface area (Å²) in [6.07, 6.45) is 0.631. The fourth-order valence-electron chi connectivity index (χ4n) is 2.31. The van der Waals surface area contributed by atoms with Gasteiger partial charge in [-0.3, -0.25) is 9.80 Å². The molecule has 0 saturated carbocycles. The molecule has 1 aliphatic heterocycles. The van der Waals surface area contributed by atoms with E-state index in [1.807, 2.05) is 0 Å². The Kier molecular flexibility index (Phi) is 4.77. The first kappa shape index (κ1) is 14.3. The number of oxime groups is 1. The number of amidine groups is 1. The number of hydrogen-bond donors (Lipinski definition) is 2. The van der Waals surface area contributed by atoms with Gasteiger partial charge in [0, 0.05) is 44.2 Å². The Morgan fingerprint density at radius 3 is 2.24 bits per heavy atom. The van der Waals surface area contributed by atoms with Gasteiger partial charge >= 0.3 is 0 Å². The molecule has 3 N–H and O–H groups in total. The van der Waals surface area contributed by atoms with Crippen molar-refractivity contribution < 1.29 is 5.21 Å². The van der Waals surface area contributed by atoms with Crippen LogP contribution in [0.2, 0.25) is 0 Å². The fraction of sp³-hybridized carbons (Fsp3) is 0.917. The Labute approximate surface area is 104 Å². The van der Waals surface area contributed by atoms with Crippen LogP contribution in [0.4, 0.5) is 0 Å². The highest BCUT2D eigenvalue weighted by molar-refractivity contribution is 5.80. The third kappa shape index (κ3) is 4.16. The first-order valence-electron chi connectivity index (χ1n) is 6.30. The van der Waals surface area contributed by atoms with E-state index >= 15 is 0 Å². The topological polar surface area (TPSA) is 65.1 Å². The molecule has 5 nitrogen and oxygen atoms in total. The van der Waals surface area contributed by atoms with Gasteiger partial charge in [-0.2, -0.15) is 0 Å². The van der Waals surface area contributed by atoms with E-state index in [0.29, 0.717) is 18.3 Å². The SMILES string of the molecule is CC(CC(N)=NO)N1CCN(C(C)(C)C)CC1. The lowest BCUT2D eigenvalue weighted by molar-refractivity contribution is 0.0468. The van der Waals surface area contributed by atoms with Crippen molar-refractivity contribution in [3.8, 4) is 0 Å². The number of piperazine rings is 1. The number of rotatable bonds is 3. The molecule has 0 radical (unpaired) electrons. The molecule has 0 bridgehead atoms. The number of hydrogen-bond acceptors (Lipinski definition) is 4. The smallest absolute Gasteiger partial charge is 0.140 e. The van der Waals surface area contributed by atoms with E-state index in [9.17, 15) is 0 Å². The van der Waals surface area contributed by atoms with Crippen molar-refractivity contribution in [3.63, 3.8) is 0 Å². The molecular formula is C12H26N4O. The van der Waals surface area contributed by atoms with Crippen LogP contribution in [0, 0.1) is 0 Å².